The second kappa shape index (κ2) is 17.2. The summed E-state index contributed by atoms with van der Waals surface area (Å²) >= 11 is 0. The maximum absolute atomic E-state index is 13.3. The van der Waals surface area contributed by atoms with Crippen LogP contribution in [0.5, 0.6) is 11.5 Å². The highest BCUT2D eigenvalue weighted by molar-refractivity contribution is 6.02. The third-order valence-corrected chi connectivity index (χ3v) is 7.60. The van der Waals surface area contributed by atoms with Gasteiger partial charge in [-0.1, -0.05) is 83.8 Å². The van der Waals surface area contributed by atoms with Gasteiger partial charge in [0.05, 0.1) is 30.9 Å². The first-order chi connectivity index (χ1) is 21.2. The number of amides is 1. The van der Waals surface area contributed by atoms with Crippen molar-refractivity contribution in [1.82, 2.24) is 15.4 Å². The molecule has 3 rings (SSSR count). The van der Waals surface area contributed by atoms with Crippen LogP contribution in [0.2, 0.25) is 0 Å². The molecule has 0 spiro atoms. The number of nitrogens with one attached hydrogen (secondary N) is 1. The second-order valence-electron chi connectivity index (χ2n) is 12.2. The van der Waals surface area contributed by atoms with Gasteiger partial charge in [-0.25, -0.2) is 0 Å². The van der Waals surface area contributed by atoms with Crippen LogP contribution < -0.4 is 14.8 Å². The molecule has 1 N–H and O–H groups in total. The van der Waals surface area contributed by atoms with Gasteiger partial charge in [0.2, 0.25) is 0 Å². The molecule has 0 fully saturated rings. The minimum atomic E-state index is -0.276. The fraction of sp³-hybridized carbons (Fsp3) is 0.556. The first-order valence-electron chi connectivity index (χ1n) is 16.2. The van der Waals surface area contributed by atoms with Crippen LogP contribution in [0.4, 0.5) is 0 Å². The number of unbranched alkanes of at least 4 members (excludes halogenated alkanes) is 2. The third kappa shape index (κ3) is 9.32. The minimum Gasteiger partial charge on any atom is -0.493 e. The molecular formula is C36H53N3O5. The van der Waals surface area contributed by atoms with E-state index < -0.39 is 0 Å². The van der Waals surface area contributed by atoms with Crippen LogP contribution in [0, 0.1) is 0 Å². The summed E-state index contributed by atoms with van der Waals surface area (Å²) in [7, 11) is 1.73. The molecule has 0 saturated carbocycles. The molecule has 0 aliphatic carbocycles. The van der Waals surface area contributed by atoms with Gasteiger partial charge in [0.1, 0.15) is 11.5 Å². The van der Waals surface area contributed by atoms with Gasteiger partial charge in [0.25, 0.3) is 5.91 Å². The molecule has 1 amide bonds. The number of likely N-dealkylation sites (N-methyl/N-ethyl adjacent to an activating group) is 1. The number of carbonyl (C=O) groups excluding carboxylic acids is 1. The zero-order chi connectivity index (χ0) is 32.1. The molecule has 44 heavy (non-hydrogen) atoms. The Morgan fingerprint density at radius 3 is 2.16 bits per heavy atom. The molecule has 8 heteroatoms. The van der Waals surface area contributed by atoms with E-state index in [0.717, 1.165) is 67.8 Å². The highest BCUT2D eigenvalue weighted by Crippen LogP contribution is 2.45. The number of hydrogen-bond donors (Lipinski definition) is 1. The predicted octanol–water partition coefficient (Wildman–Crippen LogP) is 7.88. The number of nitrogens with zero attached hydrogens (tertiary/aromatic N) is 2. The predicted molar refractivity (Wildman–Crippen MR) is 178 cm³/mol. The normalized spacial score (nSPS) is 11.7. The smallest absolute Gasteiger partial charge is 0.274 e. The Morgan fingerprint density at radius 2 is 1.59 bits per heavy atom. The molecule has 8 nitrogen and oxygen atoms in total. The van der Waals surface area contributed by atoms with Gasteiger partial charge in [-0.05, 0) is 48.9 Å². The average molecular weight is 608 g/mol. The fourth-order valence-corrected chi connectivity index (χ4v) is 4.96. The number of hydrogen-bond acceptors (Lipinski definition) is 7. The molecule has 242 valence electrons. The molecule has 1 heterocycles. The average Bonchev–Trinajstić information content (AvgIpc) is 3.44. The van der Waals surface area contributed by atoms with E-state index in [-0.39, 0.29) is 17.0 Å². The topological polar surface area (TPSA) is 86.1 Å². The van der Waals surface area contributed by atoms with E-state index in [1.165, 1.54) is 5.56 Å². The third-order valence-electron chi connectivity index (χ3n) is 7.60. The van der Waals surface area contributed by atoms with Gasteiger partial charge < -0.3 is 24.1 Å². The Balaban J connectivity index is 2.18. The lowest BCUT2D eigenvalue weighted by Gasteiger charge is -2.25. The van der Waals surface area contributed by atoms with E-state index in [2.05, 4.69) is 75.1 Å². The van der Waals surface area contributed by atoms with Crippen LogP contribution in [0.25, 0.3) is 22.5 Å². The molecule has 0 aliphatic rings. The first kappa shape index (κ1) is 35.1. The largest absolute Gasteiger partial charge is 0.493 e. The Morgan fingerprint density at radius 1 is 0.932 bits per heavy atom. The number of benzene rings is 2. The van der Waals surface area contributed by atoms with Gasteiger partial charge in [0, 0.05) is 38.4 Å². The molecule has 0 aliphatic heterocycles. The number of aromatic nitrogens is 1. The van der Waals surface area contributed by atoms with Crippen LogP contribution in [0.15, 0.2) is 40.9 Å². The quantitative estimate of drug-likeness (QED) is 0.147. The number of methoxy groups -OCH3 is 1. The van der Waals surface area contributed by atoms with Crippen molar-refractivity contribution in [2.75, 3.05) is 46.6 Å². The van der Waals surface area contributed by atoms with Gasteiger partial charge in [0.15, 0.2) is 11.5 Å². The molecule has 0 radical (unpaired) electrons. The lowest BCUT2D eigenvalue weighted by Crippen LogP contribution is -2.26. The first-order valence-corrected chi connectivity index (χ1v) is 16.2. The van der Waals surface area contributed by atoms with E-state index in [0.29, 0.717) is 43.4 Å². The summed E-state index contributed by atoms with van der Waals surface area (Å²) in [5.74, 6) is 1.70. The van der Waals surface area contributed by atoms with Crippen LogP contribution in [0.1, 0.15) is 95.8 Å². The Kier molecular flexibility index (Phi) is 13.7. The van der Waals surface area contributed by atoms with Gasteiger partial charge in [-0.15, -0.1) is 0 Å². The summed E-state index contributed by atoms with van der Waals surface area (Å²) < 4.78 is 24.0. The van der Waals surface area contributed by atoms with Crippen molar-refractivity contribution in [3.05, 3.63) is 53.2 Å². The Bertz CT molecular complexity index is 1310. The fourth-order valence-electron chi connectivity index (χ4n) is 4.96. The summed E-state index contributed by atoms with van der Waals surface area (Å²) in [5, 5.41) is 7.22. The van der Waals surface area contributed by atoms with E-state index in [1.54, 1.807) is 7.11 Å². The van der Waals surface area contributed by atoms with Crippen molar-refractivity contribution in [3.63, 3.8) is 0 Å². The van der Waals surface area contributed by atoms with Crippen molar-refractivity contribution >= 4 is 5.91 Å². The van der Waals surface area contributed by atoms with Crippen molar-refractivity contribution in [2.24, 2.45) is 0 Å². The number of ether oxygens (including phenoxy) is 3. The zero-order valence-electron chi connectivity index (χ0n) is 28.2. The van der Waals surface area contributed by atoms with Crippen LogP contribution in [-0.4, -0.2) is 62.5 Å². The molecule has 0 saturated heterocycles. The molecule has 0 unspecified atom stereocenters. The van der Waals surface area contributed by atoms with Crippen molar-refractivity contribution in [3.8, 4) is 33.9 Å². The lowest BCUT2D eigenvalue weighted by atomic mass is 9.84. The second-order valence-corrected chi connectivity index (χ2v) is 12.2. The highest BCUT2D eigenvalue weighted by atomic mass is 16.5. The van der Waals surface area contributed by atoms with Gasteiger partial charge in [-0.3, -0.25) is 9.69 Å². The molecule has 1 aromatic heterocycles. The van der Waals surface area contributed by atoms with Crippen LogP contribution in [-0.2, 0) is 16.7 Å². The Labute approximate surface area is 264 Å². The number of carbonyl (C=O) groups is 1. The van der Waals surface area contributed by atoms with Crippen molar-refractivity contribution in [1.29, 1.82) is 0 Å². The highest BCUT2D eigenvalue weighted by Gasteiger charge is 2.29. The maximum Gasteiger partial charge on any atom is 0.274 e. The Hall–Kier alpha value is -3.36. The van der Waals surface area contributed by atoms with Crippen molar-refractivity contribution < 1.29 is 23.5 Å². The summed E-state index contributed by atoms with van der Waals surface area (Å²) in [6.45, 7) is 19.8. The van der Waals surface area contributed by atoms with Crippen LogP contribution >= 0.6 is 0 Å². The summed E-state index contributed by atoms with van der Waals surface area (Å²) in [4.78, 5) is 15.6. The van der Waals surface area contributed by atoms with Crippen LogP contribution in [0.3, 0.4) is 0 Å². The molecular weight excluding hydrogens is 554 g/mol. The summed E-state index contributed by atoms with van der Waals surface area (Å²) in [6.07, 6.45) is 3.95. The van der Waals surface area contributed by atoms with Gasteiger partial charge in [-0.2, -0.15) is 0 Å². The standard InChI is InChI=1S/C36H53N3O5/c1-9-13-20-42-30-24-31(43-21-14-10-2)29(36(5,6)7)23-28(30)34-32(33(38-44-34)35(40)37-11-3)27-17-15-26(16-18-27)25-39(12-4)19-22-41-8/h15-18,23-24H,9-14,19-22,25H2,1-8H3,(H,37,40). The number of rotatable bonds is 18. The summed E-state index contributed by atoms with van der Waals surface area (Å²) in [6, 6.07) is 12.4. The van der Waals surface area contributed by atoms with E-state index >= 15 is 0 Å². The summed E-state index contributed by atoms with van der Waals surface area (Å²) in [5.41, 5.74) is 4.52. The lowest BCUT2D eigenvalue weighted by molar-refractivity contribution is 0.0947. The molecule has 3 aromatic rings. The molecule has 0 bridgehead atoms. The molecule has 2 aromatic carbocycles. The van der Waals surface area contributed by atoms with E-state index in [1.807, 2.05) is 25.1 Å². The SMILES string of the molecule is CCCCOc1cc(OCCCC)c(C(C)(C)C)cc1-c1onc(C(=O)NCC)c1-c1ccc(CN(CC)CCOC)cc1. The monoisotopic (exact) mass is 607 g/mol. The maximum atomic E-state index is 13.3. The van der Waals surface area contributed by atoms with Crippen molar-refractivity contribution in [2.45, 2.75) is 86.1 Å². The van der Waals surface area contributed by atoms with Gasteiger partial charge >= 0.3 is 0 Å². The van der Waals surface area contributed by atoms with E-state index in [4.69, 9.17) is 18.7 Å². The minimum absolute atomic E-state index is 0.212. The van der Waals surface area contributed by atoms with E-state index in [9.17, 15) is 4.79 Å². The molecule has 0 atom stereocenters. The zero-order valence-corrected chi connectivity index (χ0v) is 28.2.